The first-order valence-electron chi connectivity index (χ1n) is 12.4. The molecule has 0 radical (unpaired) electrons. The van der Waals surface area contributed by atoms with Crippen LogP contribution in [-0.2, 0) is 25.0 Å². The van der Waals surface area contributed by atoms with E-state index in [9.17, 15) is 23.7 Å². The number of aromatic amines is 1. The van der Waals surface area contributed by atoms with Crippen LogP contribution in [0.4, 0.5) is 0 Å². The van der Waals surface area contributed by atoms with Gasteiger partial charge < -0.3 is 20.1 Å². The number of H-pyrrole nitrogens is 1. The van der Waals surface area contributed by atoms with Crippen molar-refractivity contribution in [3.05, 3.63) is 45.1 Å². The summed E-state index contributed by atoms with van der Waals surface area (Å²) >= 11 is 0. The predicted molar refractivity (Wildman–Crippen MR) is 141 cm³/mol. The van der Waals surface area contributed by atoms with E-state index in [0.717, 1.165) is 4.57 Å². The molecule has 1 heterocycles. The van der Waals surface area contributed by atoms with Crippen LogP contribution in [0.1, 0.15) is 47.5 Å². The lowest BCUT2D eigenvalue weighted by Gasteiger charge is -2.27. The van der Waals surface area contributed by atoms with Gasteiger partial charge in [0.05, 0.1) is 17.5 Å². The number of rotatable bonds is 13. The molecule has 0 aliphatic carbocycles. The maximum absolute atomic E-state index is 14.0. The molecule has 10 nitrogen and oxygen atoms in total. The number of likely N-dealkylation sites (N-methyl/N-ethyl adjacent to an activating group) is 1. The summed E-state index contributed by atoms with van der Waals surface area (Å²) in [6.07, 6.45) is 0.233. The van der Waals surface area contributed by atoms with Crippen LogP contribution in [0, 0.1) is 17.8 Å². The third-order valence-corrected chi connectivity index (χ3v) is 8.26. The van der Waals surface area contributed by atoms with Crippen LogP contribution < -0.4 is 21.9 Å². The molecule has 1 aromatic carbocycles. The van der Waals surface area contributed by atoms with E-state index in [-0.39, 0.29) is 30.5 Å². The van der Waals surface area contributed by atoms with E-state index in [1.165, 1.54) is 7.05 Å². The Morgan fingerprint density at radius 1 is 1.06 bits per heavy atom. The van der Waals surface area contributed by atoms with Gasteiger partial charge in [0.15, 0.2) is 0 Å². The summed E-state index contributed by atoms with van der Waals surface area (Å²) < 4.78 is 20.5. The molecule has 0 saturated heterocycles. The number of nitrogens with zero attached hydrogens (tertiary/aromatic N) is 1. The molecule has 36 heavy (non-hydrogen) atoms. The van der Waals surface area contributed by atoms with Crippen molar-refractivity contribution in [3.8, 4) is 0 Å². The topological polar surface area (TPSA) is 139 Å². The Labute approximate surface area is 211 Å². The molecule has 2 aromatic rings. The van der Waals surface area contributed by atoms with E-state index in [0.29, 0.717) is 23.7 Å². The highest BCUT2D eigenvalue weighted by atomic mass is 31.2. The summed E-state index contributed by atoms with van der Waals surface area (Å²) in [6.45, 7) is 9.54. The maximum Gasteiger partial charge on any atom is 0.329 e. The van der Waals surface area contributed by atoms with Crippen LogP contribution >= 0.6 is 7.37 Å². The second-order valence-electron chi connectivity index (χ2n) is 9.90. The molecule has 0 fully saturated rings. The minimum absolute atomic E-state index is 0.0851. The quantitative estimate of drug-likeness (QED) is 0.346. The molecule has 0 aliphatic heterocycles. The molecule has 200 valence electrons. The van der Waals surface area contributed by atoms with Gasteiger partial charge in [-0.1, -0.05) is 39.8 Å². The van der Waals surface area contributed by atoms with Gasteiger partial charge in [0.25, 0.3) is 5.56 Å². The number of hydrogen-bond donors (Lipinski definition) is 3. The Morgan fingerprint density at radius 3 is 2.28 bits per heavy atom. The average Bonchev–Trinajstić information content (AvgIpc) is 2.80. The highest BCUT2D eigenvalue weighted by molar-refractivity contribution is 7.57. The molecular weight excluding hydrogens is 483 g/mol. The fraction of sp³-hybridized carbons (Fsp3) is 0.600. The Balaban J connectivity index is 2.40. The van der Waals surface area contributed by atoms with Crippen molar-refractivity contribution in [3.63, 3.8) is 0 Å². The first-order chi connectivity index (χ1) is 16.9. The smallest absolute Gasteiger partial charge is 0.329 e. The van der Waals surface area contributed by atoms with Crippen molar-refractivity contribution < 1.29 is 18.7 Å². The van der Waals surface area contributed by atoms with E-state index in [1.807, 2.05) is 27.7 Å². The Bertz CT molecular complexity index is 1220. The van der Waals surface area contributed by atoms with Gasteiger partial charge in [0, 0.05) is 19.1 Å². The molecule has 0 saturated carbocycles. The van der Waals surface area contributed by atoms with Gasteiger partial charge in [-0.3, -0.25) is 23.5 Å². The number of hydrogen-bond acceptors (Lipinski definition) is 6. The summed E-state index contributed by atoms with van der Waals surface area (Å²) in [7, 11) is -2.15. The summed E-state index contributed by atoms with van der Waals surface area (Å²) in [5.41, 5.74) is -0.881. The summed E-state index contributed by atoms with van der Waals surface area (Å²) in [5, 5.41) is 5.68. The van der Waals surface area contributed by atoms with E-state index in [1.54, 1.807) is 31.2 Å². The van der Waals surface area contributed by atoms with Gasteiger partial charge in [-0.05, 0) is 43.7 Å². The lowest BCUT2D eigenvalue weighted by molar-refractivity contribution is -0.131. The second-order valence-corrected chi connectivity index (χ2v) is 12.4. The van der Waals surface area contributed by atoms with Crippen LogP contribution in [0.25, 0.3) is 10.9 Å². The fourth-order valence-corrected chi connectivity index (χ4v) is 6.71. The van der Waals surface area contributed by atoms with E-state index < -0.39 is 42.8 Å². The second kappa shape index (κ2) is 13.0. The number of aromatic nitrogens is 2. The zero-order valence-electron chi connectivity index (χ0n) is 22.0. The van der Waals surface area contributed by atoms with Crippen molar-refractivity contribution >= 4 is 30.1 Å². The molecule has 1 aromatic heterocycles. The van der Waals surface area contributed by atoms with Crippen molar-refractivity contribution in [2.45, 2.75) is 59.8 Å². The Hall–Kier alpha value is -2.71. The van der Waals surface area contributed by atoms with Gasteiger partial charge in [-0.2, -0.15) is 0 Å². The monoisotopic (exact) mass is 522 g/mol. The van der Waals surface area contributed by atoms with Gasteiger partial charge >= 0.3 is 5.69 Å². The lowest BCUT2D eigenvalue weighted by atomic mass is 9.96. The molecular formula is C25H39N4O6P. The molecule has 2 rings (SSSR count). The van der Waals surface area contributed by atoms with E-state index in [4.69, 9.17) is 4.52 Å². The average molecular weight is 523 g/mol. The first-order valence-corrected chi connectivity index (χ1v) is 14.4. The number of carbonyl (C=O) groups is 2. The Kier molecular flexibility index (Phi) is 10.7. The zero-order chi connectivity index (χ0) is 27.0. The van der Waals surface area contributed by atoms with Crippen LogP contribution in [0.2, 0.25) is 0 Å². The number of nitrogens with one attached hydrogen (secondary N) is 3. The molecule has 3 N–H and O–H groups in total. The van der Waals surface area contributed by atoms with Gasteiger partial charge in [0.1, 0.15) is 12.3 Å². The zero-order valence-corrected chi connectivity index (χ0v) is 22.9. The summed E-state index contributed by atoms with van der Waals surface area (Å²) in [6, 6.07) is 5.85. The number of para-hydroxylation sites is 1. The third kappa shape index (κ3) is 7.90. The molecule has 2 unspecified atom stereocenters. The van der Waals surface area contributed by atoms with Crippen molar-refractivity contribution in [2.75, 3.05) is 19.8 Å². The molecule has 0 aliphatic rings. The lowest BCUT2D eigenvalue weighted by Crippen LogP contribution is -2.49. The molecule has 3 atom stereocenters. The number of benzene rings is 1. The summed E-state index contributed by atoms with van der Waals surface area (Å²) in [4.78, 5) is 54.1. The SMILES string of the molecule is CCOP(=O)(CC(CC(C)C)C(=O)N[C@@H](CC(C)C)C(=O)NC)Cn1c(=O)[nH]c2ccccc2c1=O. The number of fused-ring (bicyclic) bond motifs is 1. The van der Waals surface area contributed by atoms with E-state index in [2.05, 4.69) is 15.6 Å². The third-order valence-electron chi connectivity index (χ3n) is 5.82. The molecule has 0 spiro atoms. The van der Waals surface area contributed by atoms with Crippen molar-refractivity contribution in [2.24, 2.45) is 17.8 Å². The highest BCUT2D eigenvalue weighted by Gasteiger charge is 2.35. The standard InChI is InChI=1S/C25H39N4O6P/c1-7-35-36(34,15-29-24(32)19-10-8-9-11-20(19)28-25(29)33)14-18(12-16(2)3)22(30)27-21(13-17(4)5)23(31)26-6/h8-11,16-18,21H,7,12-15H2,1-6H3,(H,26,31)(H,27,30)(H,28,33)/t18?,21-,36?/m0/s1. The van der Waals surface area contributed by atoms with Crippen LogP contribution in [0.5, 0.6) is 0 Å². The van der Waals surface area contributed by atoms with Crippen LogP contribution in [-0.4, -0.2) is 47.2 Å². The van der Waals surface area contributed by atoms with Crippen LogP contribution in [0.15, 0.2) is 33.9 Å². The fourth-order valence-electron chi connectivity index (χ4n) is 4.27. The molecule has 2 amide bonds. The van der Waals surface area contributed by atoms with Gasteiger partial charge in [-0.25, -0.2) is 4.79 Å². The van der Waals surface area contributed by atoms with Crippen molar-refractivity contribution in [1.29, 1.82) is 0 Å². The number of carbonyl (C=O) groups excluding carboxylic acids is 2. The Morgan fingerprint density at radius 2 is 1.69 bits per heavy atom. The summed E-state index contributed by atoms with van der Waals surface area (Å²) in [5.74, 6) is -1.19. The minimum atomic E-state index is -3.66. The van der Waals surface area contributed by atoms with Crippen molar-refractivity contribution in [1.82, 2.24) is 20.2 Å². The first kappa shape index (κ1) is 29.5. The predicted octanol–water partition coefficient (Wildman–Crippen LogP) is 2.90. The van der Waals surface area contributed by atoms with Gasteiger partial charge in [-0.15, -0.1) is 0 Å². The number of amides is 2. The molecule has 11 heteroatoms. The van der Waals surface area contributed by atoms with Gasteiger partial charge in [0.2, 0.25) is 19.2 Å². The highest BCUT2D eigenvalue weighted by Crippen LogP contribution is 2.50. The normalized spacial score (nSPS) is 15.0. The largest absolute Gasteiger partial charge is 0.357 e. The van der Waals surface area contributed by atoms with E-state index >= 15 is 0 Å². The minimum Gasteiger partial charge on any atom is -0.357 e. The maximum atomic E-state index is 14.0. The molecule has 0 bridgehead atoms. The van der Waals surface area contributed by atoms with Crippen LogP contribution in [0.3, 0.4) is 0 Å².